The van der Waals surface area contributed by atoms with Crippen LogP contribution < -0.4 is 10.6 Å². The van der Waals surface area contributed by atoms with Gasteiger partial charge in [-0.2, -0.15) is 0 Å². The van der Waals surface area contributed by atoms with E-state index < -0.39 is 0 Å². The largest absolute Gasteiger partial charge is 0.355 e. The number of nitrogens with two attached hydrogens (primary N) is 1. The van der Waals surface area contributed by atoms with Gasteiger partial charge in [0.2, 0.25) is 0 Å². The van der Waals surface area contributed by atoms with Gasteiger partial charge < -0.3 is 10.6 Å². The van der Waals surface area contributed by atoms with Gasteiger partial charge in [0.05, 0.1) is 0 Å². The third kappa shape index (κ3) is 1.87. The zero-order valence-corrected chi connectivity index (χ0v) is 8.83. The SMILES string of the molecule is Cc1cc(C)nc(N2CCC(N)C2)c1. The second-order valence-electron chi connectivity index (χ2n) is 4.14. The first-order chi connectivity index (χ1) is 6.65. The van der Waals surface area contributed by atoms with Crippen molar-refractivity contribution < 1.29 is 0 Å². The molecule has 0 aliphatic carbocycles. The number of anilines is 1. The Bertz CT molecular complexity index is 315. The van der Waals surface area contributed by atoms with Crippen LogP contribution in [-0.2, 0) is 0 Å². The third-order valence-corrected chi connectivity index (χ3v) is 2.63. The van der Waals surface area contributed by atoms with Crippen LogP contribution in [0.4, 0.5) is 5.82 Å². The minimum Gasteiger partial charge on any atom is -0.355 e. The standard InChI is InChI=1S/C11H17N3/c1-8-5-9(2)13-11(6-8)14-4-3-10(12)7-14/h5-6,10H,3-4,7,12H2,1-2H3. The number of rotatable bonds is 1. The maximum atomic E-state index is 5.87. The van der Waals surface area contributed by atoms with Gasteiger partial charge in [-0.05, 0) is 38.0 Å². The average molecular weight is 191 g/mol. The number of hydrogen-bond donors (Lipinski definition) is 1. The van der Waals surface area contributed by atoms with E-state index >= 15 is 0 Å². The molecule has 0 amide bonds. The van der Waals surface area contributed by atoms with Crippen LogP contribution in [0.5, 0.6) is 0 Å². The number of aromatic nitrogens is 1. The van der Waals surface area contributed by atoms with Crippen LogP contribution in [0.3, 0.4) is 0 Å². The number of aryl methyl sites for hydroxylation is 2. The molecule has 3 nitrogen and oxygen atoms in total. The fourth-order valence-electron chi connectivity index (χ4n) is 1.98. The Kier molecular flexibility index (Phi) is 2.42. The molecule has 0 radical (unpaired) electrons. The van der Waals surface area contributed by atoms with Crippen molar-refractivity contribution in [3.63, 3.8) is 0 Å². The molecule has 0 saturated carbocycles. The predicted molar refractivity (Wildman–Crippen MR) is 58.5 cm³/mol. The summed E-state index contributed by atoms with van der Waals surface area (Å²) in [7, 11) is 0. The van der Waals surface area contributed by atoms with E-state index in [0.29, 0.717) is 6.04 Å². The molecule has 1 aromatic heterocycles. The highest BCUT2D eigenvalue weighted by Crippen LogP contribution is 2.19. The van der Waals surface area contributed by atoms with Gasteiger partial charge in [0.1, 0.15) is 5.82 Å². The van der Waals surface area contributed by atoms with E-state index in [0.717, 1.165) is 31.0 Å². The summed E-state index contributed by atoms with van der Waals surface area (Å²) >= 11 is 0. The Hall–Kier alpha value is -1.09. The van der Waals surface area contributed by atoms with Crippen LogP contribution in [0.2, 0.25) is 0 Å². The molecule has 1 aliphatic heterocycles. The molecule has 1 unspecified atom stereocenters. The van der Waals surface area contributed by atoms with Gasteiger partial charge in [-0.25, -0.2) is 4.98 Å². The highest BCUT2D eigenvalue weighted by molar-refractivity contribution is 5.43. The molecular formula is C11H17N3. The first-order valence-corrected chi connectivity index (χ1v) is 5.11. The minimum atomic E-state index is 0.317. The molecule has 1 aromatic rings. The lowest BCUT2D eigenvalue weighted by Gasteiger charge is -2.17. The molecule has 3 heteroatoms. The molecule has 1 atom stereocenters. The molecule has 2 heterocycles. The van der Waals surface area contributed by atoms with Gasteiger partial charge in [-0.1, -0.05) is 0 Å². The number of hydrogen-bond acceptors (Lipinski definition) is 3. The lowest BCUT2D eigenvalue weighted by atomic mass is 10.2. The Balaban J connectivity index is 2.23. The maximum Gasteiger partial charge on any atom is 0.129 e. The second-order valence-corrected chi connectivity index (χ2v) is 4.14. The minimum absolute atomic E-state index is 0.317. The van der Waals surface area contributed by atoms with Crippen molar-refractivity contribution in [2.75, 3.05) is 18.0 Å². The van der Waals surface area contributed by atoms with Crippen molar-refractivity contribution in [2.24, 2.45) is 5.73 Å². The normalized spacial score (nSPS) is 21.6. The molecule has 2 N–H and O–H groups in total. The lowest BCUT2D eigenvalue weighted by molar-refractivity contribution is 0.751. The fourth-order valence-corrected chi connectivity index (χ4v) is 1.98. The zero-order chi connectivity index (χ0) is 10.1. The van der Waals surface area contributed by atoms with Crippen molar-refractivity contribution in [3.05, 3.63) is 23.4 Å². The van der Waals surface area contributed by atoms with E-state index in [9.17, 15) is 0 Å². The van der Waals surface area contributed by atoms with Crippen LogP contribution in [0.25, 0.3) is 0 Å². The van der Waals surface area contributed by atoms with Crippen molar-refractivity contribution >= 4 is 5.82 Å². The molecule has 0 spiro atoms. The fraction of sp³-hybridized carbons (Fsp3) is 0.545. The average Bonchev–Trinajstić information content (AvgIpc) is 2.50. The molecule has 0 bridgehead atoms. The zero-order valence-electron chi connectivity index (χ0n) is 8.83. The molecule has 1 saturated heterocycles. The maximum absolute atomic E-state index is 5.87. The summed E-state index contributed by atoms with van der Waals surface area (Å²) in [6, 6.07) is 4.54. The van der Waals surface area contributed by atoms with Crippen LogP contribution >= 0.6 is 0 Å². The summed E-state index contributed by atoms with van der Waals surface area (Å²) < 4.78 is 0. The molecule has 14 heavy (non-hydrogen) atoms. The van der Waals surface area contributed by atoms with E-state index in [1.54, 1.807) is 0 Å². The van der Waals surface area contributed by atoms with E-state index in [1.807, 2.05) is 6.92 Å². The summed E-state index contributed by atoms with van der Waals surface area (Å²) in [6.07, 6.45) is 1.08. The Morgan fingerprint density at radius 3 is 2.79 bits per heavy atom. The molecule has 1 fully saturated rings. The van der Waals surface area contributed by atoms with Crippen molar-refractivity contribution in [1.82, 2.24) is 4.98 Å². The number of nitrogens with zero attached hydrogens (tertiary/aromatic N) is 2. The highest BCUT2D eigenvalue weighted by atomic mass is 15.2. The molecule has 2 rings (SSSR count). The Labute approximate surface area is 84.9 Å². The number of pyridine rings is 1. The van der Waals surface area contributed by atoms with Gasteiger partial charge in [0, 0.05) is 24.8 Å². The van der Waals surface area contributed by atoms with E-state index in [2.05, 4.69) is 28.9 Å². The van der Waals surface area contributed by atoms with Crippen LogP contribution in [-0.4, -0.2) is 24.1 Å². The van der Waals surface area contributed by atoms with Gasteiger partial charge in [0.25, 0.3) is 0 Å². The van der Waals surface area contributed by atoms with Gasteiger partial charge in [-0.15, -0.1) is 0 Å². The topological polar surface area (TPSA) is 42.2 Å². The van der Waals surface area contributed by atoms with E-state index in [1.165, 1.54) is 5.56 Å². The summed E-state index contributed by atoms with van der Waals surface area (Å²) in [6.45, 7) is 6.12. The van der Waals surface area contributed by atoms with Crippen LogP contribution in [0.1, 0.15) is 17.7 Å². The monoisotopic (exact) mass is 191 g/mol. The lowest BCUT2D eigenvalue weighted by Crippen LogP contribution is -2.27. The van der Waals surface area contributed by atoms with Gasteiger partial charge >= 0.3 is 0 Å². The van der Waals surface area contributed by atoms with Crippen LogP contribution in [0.15, 0.2) is 12.1 Å². The summed E-state index contributed by atoms with van der Waals surface area (Å²) in [5.41, 5.74) is 8.22. The second kappa shape index (κ2) is 3.58. The predicted octanol–water partition coefficient (Wildman–Crippen LogP) is 1.24. The first-order valence-electron chi connectivity index (χ1n) is 5.11. The summed E-state index contributed by atoms with van der Waals surface area (Å²) in [5.74, 6) is 1.08. The highest BCUT2D eigenvalue weighted by Gasteiger charge is 2.20. The summed E-state index contributed by atoms with van der Waals surface area (Å²) in [5, 5.41) is 0. The quantitative estimate of drug-likeness (QED) is 0.726. The van der Waals surface area contributed by atoms with Crippen LogP contribution in [0, 0.1) is 13.8 Å². The van der Waals surface area contributed by atoms with Crippen molar-refractivity contribution in [2.45, 2.75) is 26.3 Å². The molecule has 76 valence electrons. The third-order valence-electron chi connectivity index (χ3n) is 2.63. The summed E-state index contributed by atoms with van der Waals surface area (Å²) in [4.78, 5) is 6.79. The smallest absolute Gasteiger partial charge is 0.129 e. The van der Waals surface area contributed by atoms with Crippen molar-refractivity contribution in [3.8, 4) is 0 Å². The Morgan fingerprint density at radius 2 is 2.21 bits per heavy atom. The molecule has 1 aliphatic rings. The molecule has 0 aromatic carbocycles. The first kappa shape index (κ1) is 9.46. The van der Waals surface area contributed by atoms with E-state index in [-0.39, 0.29) is 0 Å². The van der Waals surface area contributed by atoms with E-state index in [4.69, 9.17) is 5.73 Å². The van der Waals surface area contributed by atoms with Crippen molar-refractivity contribution in [1.29, 1.82) is 0 Å². The molecular weight excluding hydrogens is 174 g/mol. The van der Waals surface area contributed by atoms with Gasteiger partial charge in [-0.3, -0.25) is 0 Å². The Morgan fingerprint density at radius 1 is 1.43 bits per heavy atom. The van der Waals surface area contributed by atoms with Gasteiger partial charge in [0.15, 0.2) is 0 Å².